The summed E-state index contributed by atoms with van der Waals surface area (Å²) in [6, 6.07) is 16.3. The molecule has 0 saturated carbocycles. The van der Waals surface area contributed by atoms with E-state index in [0.717, 1.165) is 18.5 Å². The lowest BCUT2D eigenvalue weighted by atomic mass is 9.96. The lowest BCUT2D eigenvalue weighted by Crippen LogP contribution is -2.26. The Morgan fingerprint density at radius 1 is 1.04 bits per heavy atom. The Hall–Kier alpha value is -2.29. The number of carbonyl (C=O) groups is 1. The Labute approximate surface area is 138 Å². The van der Waals surface area contributed by atoms with E-state index >= 15 is 0 Å². The molecule has 3 N–H and O–H groups in total. The minimum absolute atomic E-state index is 0.104. The molecule has 3 heteroatoms. The molecule has 0 fully saturated rings. The van der Waals surface area contributed by atoms with Gasteiger partial charge in [-0.05, 0) is 47.6 Å². The van der Waals surface area contributed by atoms with Crippen molar-refractivity contribution in [3.05, 3.63) is 65.2 Å². The summed E-state index contributed by atoms with van der Waals surface area (Å²) >= 11 is 0. The van der Waals surface area contributed by atoms with E-state index in [4.69, 9.17) is 5.73 Å². The average molecular weight is 310 g/mol. The molecule has 0 bridgehead atoms. The van der Waals surface area contributed by atoms with Gasteiger partial charge in [0.25, 0.3) is 0 Å². The summed E-state index contributed by atoms with van der Waals surface area (Å²) < 4.78 is 0. The Balaban J connectivity index is 1.76. The molecule has 0 saturated heterocycles. The quantitative estimate of drug-likeness (QED) is 0.766. The fourth-order valence-corrected chi connectivity index (χ4v) is 2.58. The van der Waals surface area contributed by atoms with Crippen molar-refractivity contribution in [1.82, 2.24) is 5.32 Å². The highest BCUT2D eigenvalue weighted by molar-refractivity contribution is 5.76. The second kappa shape index (κ2) is 8.37. The molecule has 0 spiro atoms. The Morgan fingerprint density at radius 3 is 2.26 bits per heavy atom. The van der Waals surface area contributed by atoms with E-state index in [1.54, 1.807) is 0 Å². The van der Waals surface area contributed by atoms with Crippen molar-refractivity contribution in [3.63, 3.8) is 0 Å². The normalized spacial score (nSPS) is 11.9. The molecule has 0 radical (unpaired) electrons. The largest absolute Gasteiger partial charge is 0.399 e. The van der Waals surface area contributed by atoms with Crippen LogP contribution in [0.5, 0.6) is 0 Å². The number of nitrogens with two attached hydrogens (primary N) is 1. The zero-order chi connectivity index (χ0) is 16.7. The summed E-state index contributed by atoms with van der Waals surface area (Å²) in [5.74, 6) is 0.338. The molecule has 1 unspecified atom stereocenters. The Bertz CT molecular complexity index is 617. The van der Waals surface area contributed by atoms with Crippen molar-refractivity contribution in [1.29, 1.82) is 0 Å². The lowest BCUT2D eigenvalue weighted by Gasteiger charge is -2.13. The first kappa shape index (κ1) is 17.1. The topological polar surface area (TPSA) is 55.1 Å². The number of amides is 1. The predicted octanol–water partition coefficient (Wildman–Crippen LogP) is 3.68. The van der Waals surface area contributed by atoms with Gasteiger partial charge in [0.15, 0.2) is 0 Å². The van der Waals surface area contributed by atoms with Crippen LogP contribution in [0, 0.1) is 0 Å². The third kappa shape index (κ3) is 5.44. The number of hydrogen-bond acceptors (Lipinski definition) is 2. The van der Waals surface area contributed by atoms with Gasteiger partial charge in [-0.3, -0.25) is 4.79 Å². The molecular formula is C20H26N2O. The van der Waals surface area contributed by atoms with Crippen LogP contribution in [-0.4, -0.2) is 12.5 Å². The van der Waals surface area contributed by atoms with E-state index in [1.807, 2.05) is 24.3 Å². The summed E-state index contributed by atoms with van der Waals surface area (Å²) in [6.07, 6.45) is 2.39. The van der Waals surface area contributed by atoms with Crippen LogP contribution in [-0.2, 0) is 17.6 Å². The van der Waals surface area contributed by atoms with Crippen molar-refractivity contribution in [3.8, 4) is 0 Å². The van der Waals surface area contributed by atoms with E-state index in [9.17, 15) is 4.79 Å². The number of rotatable bonds is 7. The molecule has 1 atom stereocenters. The first-order chi connectivity index (χ1) is 11.1. The number of nitrogens with one attached hydrogen (secondary N) is 1. The number of aryl methyl sites for hydroxylation is 1. The van der Waals surface area contributed by atoms with E-state index in [1.165, 1.54) is 16.7 Å². The molecule has 3 nitrogen and oxygen atoms in total. The molecule has 2 aromatic carbocycles. The Morgan fingerprint density at radius 2 is 1.65 bits per heavy atom. The van der Waals surface area contributed by atoms with Crippen molar-refractivity contribution < 1.29 is 4.79 Å². The molecule has 0 heterocycles. The van der Waals surface area contributed by atoms with Gasteiger partial charge >= 0.3 is 0 Å². The monoisotopic (exact) mass is 310 g/mol. The molecule has 0 aliphatic rings. The number of carbonyl (C=O) groups excluding carboxylic acids is 1. The third-order valence-electron chi connectivity index (χ3n) is 4.16. The molecule has 0 aliphatic carbocycles. The second-order valence-corrected chi connectivity index (χ2v) is 6.04. The van der Waals surface area contributed by atoms with Gasteiger partial charge in [0, 0.05) is 18.7 Å². The zero-order valence-electron chi connectivity index (χ0n) is 14.0. The fraction of sp³-hybridized carbons (Fsp3) is 0.350. The summed E-state index contributed by atoms with van der Waals surface area (Å²) in [5, 5.41) is 3.00. The summed E-state index contributed by atoms with van der Waals surface area (Å²) in [5.41, 5.74) is 10.2. The van der Waals surface area contributed by atoms with Crippen molar-refractivity contribution >= 4 is 11.6 Å². The second-order valence-electron chi connectivity index (χ2n) is 6.04. The first-order valence-corrected chi connectivity index (χ1v) is 8.28. The molecule has 23 heavy (non-hydrogen) atoms. The number of anilines is 1. The van der Waals surface area contributed by atoms with Crippen LogP contribution >= 0.6 is 0 Å². The van der Waals surface area contributed by atoms with Gasteiger partial charge in [-0.1, -0.05) is 50.2 Å². The average Bonchev–Trinajstić information content (AvgIpc) is 2.56. The number of nitrogen functional groups attached to an aromatic ring is 1. The third-order valence-corrected chi connectivity index (χ3v) is 4.16. The minimum Gasteiger partial charge on any atom is -0.399 e. The highest BCUT2D eigenvalue weighted by Crippen LogP contribution is 2.19. The summed E-state index contributed by atoms with van der Waals surface area (Å²) in [4.78, 5) is 12.1. The van der Waals surface area contributed by atoms with Crippen molar-refractivity contribution in [2.45, 2.75) is 39.0 Å². The van der Waals surface area contributed by atoms with Crippen molar-refractivity contribution in [2.75, 3.05) is 12.3 Å². The van der Waals surface area contributed by atoms with E-state index < -0.39 is 0 Å². The summed E-state index contributed by atoms with van der Waals surface area (Å²) in [7, 11) is 0. The Kier molecular flexibility index (Phi) is 6.21. The predicted molar refractivity (Wildman–Crippen MR) is 96.4 cm³/mol. The van der Waals surface area contributed by atoms with Gasteiger partial charge in [-0.2, -0.15) is 0 Å². The van der Waals surface area contributed by atoms with Gasteiger partial charge in [0.1, 0.15) is 0 Å². The van der Waals surface area contributed by atoms with E-state index in [0.29, 0.717) is 13.0 Å². The first-order valence-electron chi connectivity index (χ1n) is 8.28. The van der Waals surface area contributed by atoms with Gasteiger partial charge in [0.05, 0.1) is 0 Å². The van der Waals surface area contributed by atoms with E-state index in [-0.39, 0.29) is 11.8 Å². The standard InChI is InChI=1S/C20H26N2O/c1-3-16-4-8-18(9-5-16)15(2)14-20(23)22-13-12-17-6-10-19(21)11-7-17/h4-11,15H,3,12-14,21H2,1-2H3,(H,22,23). The fourth-order valence-electron chi connectivity index (χ4n) is 2.58. The highest BCUT2D eigenvalue weighted by Gasteiger charge is 2.10. The highest BCUT2D eigenvalue weighted by atomic mass is 16.1. The van der Waals surface area contributed by atoms with Crippen LogP contribution in [0.3, 0.4) is 0 Å². The maximum absolute atomic E-state index is 12.1. The van der Waals surface area contributed by atoms with Gasteiger partial charge in [-0.25, -0.2) is 0 Å². The SMILES string of the molecule is CCc1ccc(C(C)CC(=O)NCCc2ccc(N)cc2)cc1. The molecule has 2 aromatic rings. The molecule has 2 rings (SSSR count). The van der Waals surface area contributed by atoms with Crippen LogP contribution in [0.25, 0.3) is 0 Å². The van der Waals surface area contributed by atoms with Crippen LogP contribution in [0.2, 0.25) is 0 Å². The van der Waals surface area contributed by atoms with Gasteiger partial charge in [-0.15, -0.1) is 0 Å². The molecular weight excluding hydrogens is 284 g/mol. The molecule has 0 aliphatic heterocycles. The van der Waals surface area contributed by atoms with E-state index in [2.05, 4.69) is 43.4 Å². The molecule has 0 aromatic heterocycles. The summed E-state index contributed by atoms with van der Waals surface area (Å²) in [6.45, 7) is 4.90. The zero-order valence-corrected chi connectivity index (χ0v) is 14.0. The number of hydrogen-bond donors (Lipinski definition) is 2. The molecule has 122 valence electrons. The number of benzene rings is 2. The smallest absolute Gasteiger partial charge is 0.220 e. The van der Waals surface area contributed by atoms with Crippen LogP contribution < -0.4 is 11.1 Å². The maximum Gasteiger partial charge on any atom is 0.220 e. The van der Waals surface area contributed by atoms with Gasteiger partial charge in [0.2, 0.25) is 5.91 Å². The minimum atomic E-state index is 0.104. The van der Waals surface area contributed by atoms with Crippen LogP contribution in [0.15, 0.2) is 48.5 Å². The van der Waals surface area contributed by atoms with Crippen LogP contribution in [0.1, 0.15) is 42.9 Å². The van der Waals surface area contributed by atoms with Crippen molar-refractivity contribution in [2.24, 2.45) is 0 Å². The maximum atomic E-state index is 12.1. The molecule has 1 amide bonds. The lowest BCUT2D eigenvalue weighted by molar-refractivity contribution is -0.121. The van der Waals surface area contributed by atoms with Crippen LogP contribution in [0.4, 0.5) is 5.69 Å². The van der Waals surface area contributed by atoms with Gasteiger partial charge < -0.3 is 11.1 Å².